The first-order chi connectivity index (χ1) is 15.9. The Morgan fingerprint density at radius 3 is 2.44 bits per heavy atom. The molecular formula is C22H19Cl2F3N2O3S2. The van der Waals surface area contributed by atoms with Gasteiger partial charge < -0.3 is 9.64 Å². The molecule has 0 bridgehead atoms. The van der Waals surface area contributed by atoms with Crippen LogP contribution in [0.5, 0.6) is 5.75 Å². The van der Waals surface area contributed by atoms with Gasteiger partial charge >= 0.3 is 6.18 Å². The molecule has 0 amide bonds. The van der Waals surface area contributed by atoms with Crippen molar-refractivity contribution in [2.45, 2.75) is 22.9 Å². The van der Waals surface area contributed by atoms with Gasteiger partial charge in [0.25, 0.3) is 10.0 Å². The first kappa shape index (κ1) is 25.1. The lowest BCUT2D eigenvalue weighted by molar-refractivity contribution is -0.139. The summed E-state index contributed by atoms with van der Waals surface area (Å²) in [5.74, 6) is -0.418. The van der Waals surface area contributed by atoms with Gasteiger partial charge in [0.1, 0.15) is 20.4 Å². The number of hydrogen-bond acceptors (Lipinski definition) is 5. The Bertz CT molecular complexity index is 1300. The number of benzene rings is 2. The number of hydrogen-bond donors (Lipinski definition) is 1. The number of alkyl halides is 3. The molecule has 2 heterocycles. The minimum Gasteiger partial charge on any atom is -0.488 e. The molecule has 1 atom stereocenters. The van der Waals surface area contributed by atoms with Crippen LogP contribution < -0.4 is 9.46 Å². The lowest BCUT2D eigenvalue weighted by Gasteiger charge is -2.19. The highest BCUT2D eigenvalue weighted by molar-refractivity contribution is 7.94. The monoisotopic (exact) mass is 550 g/mol. The molecule has 0 spiro atoms. The fourth-order valence-electron chi connectivity index (χ4n) is 3.60. The molecule has 12 heteroatoms. The van der Waals surface area contributed by atoms with Gasteiger partial charge in [-0.3, -0.25) is 4.72 Å². The maximum atomic E-state index is 13.5. The summed E-state index contributed by atoms with van der Waals surface area (Å²) in [5, 5.41) is 0.522. The topological polar surface area (TPSA) is 58.6 Å². The second-order valence-corrected chi connectivity index (χ2v) is 11.9. The molecule has 2 aromatic carbocycles. The number of nitrogens with zero attached hydrogens (tertiary/aromatic N) is 1. The summed E-state index contributed by atoms with van der Waals surface area (Å²) >= 11 is 13.0. The molecule has 1 fully saturated rings. The SMILES string of the molecule is CN1CCC(Oc2cc(NS(=O)(=O)c3cc(-c4ccc(Cl)cc4)c(Cl)s3)ccc2C(F)(F)F)C1. The number of ether oxygens (including phenoxy) is 1. The van der Waals surface area contributed by atoms with Crippen molar-refractivity contribution in [3.63, 3.8) is 0 Å². The first-order valence-electron chi connectivity index (χ1n) is 10.1. The molecule has 1 aliphatic rings. The molecule has 1 N–H and O–H groups in total. The smallest absolute Gasteiger partial charge is 0.419 e. The van der Waals surface area contributed by atoms with E-state index in [1.807, 2.05) is 11.9 Å². The summed E-state index contributed by atoms with van der Waals surface area (Å²) < 4.78 is 74.7. The first-order valence-corrected chi connectivity index (χ1v) is 13.1. The van der Waals surface area contributed by atoms with Crippen LogP contribution in [0, 0.1) is 0 Å². The van der Waals surface area contributed by atoms with Gasteiger partial charge in [0.15, 0.2) is 0 Å². The summed E-state index contributed by atoms with van der Waals surface area (Å²) in [6.07, 6.45) is -4.49. The number of rotatable bonds is 6. The zero-order valence-corrected chi connectivity index (χ0v) is 20.8. The van der Waals surface area contributed by atoms with Crippen LogP contribution in [-0.2, 0) is 16.2 Å². The lowest BCUT2D eigenvalue weighted by Crippen LogP contribution is -2.23. The van der Waals surface area contributed by atoms with Crippen LogP contribution in [0.25, 0.3) is 11.1 Å². The van der Waals surface area contributed by atoms with E-state index in [4.69, 9.17) is 27.9 Å². The van der Waals surface area contributed by atoms with Gasteiger partial charge in [-0.25, -0.2) is 8.42 Å². The molecule has 1 aliphatic heterocycles. The molecule has 3 aromatic rings. The molecule has 1 unspecified atom stereocenters. The van der Waals surface area contributed by atoms with Crippen LogP contribution in [-0.4, -0.2) is 39.6 Å². The Hall–Kier alpha value is -1.98. The zero-order chi connectivity index (χ0) is 24.7. The molecule has 5 nitrogen and oxygen atoms in total. The maximum absolute atomic E-state index is 13.5. The third-order valence-corrected chi connectivity index (χ3v) is 8.73. The van der Waals surface area contributed by atoms with Crippen LogP contribution in [0.2, 0.25) is 9.36 Å². The number of anilines is 1. The largest absolute Gasteiger partial charge is 0.488 e. The van der Waals surface area contributed by atoms with Crippen molar-refractivity contribution in [2.24, 2.45) is 0 Å². The number of thiophene rings is 1. The molecular weight excluding hydrogens is 532 g/mol. The summed E-state index contributed by atoms with van der Waals surface area (Å²) in [6, 6.07) is 11.1. The standard InChI is InChI=1S/C22H19Cl2F3N2O3S2/c1-29-9-8-16(12-29)32-19-10-15(6-7-18(19)22(25,26)27)28-34(30,31)20-11-17(21(24)33-20)13-2-4-14(23)5-3-13/h2-7,10-11,16,28H,8-9,12H2,1H3. The molecule has 1 saturated heterocycles. The Morgan fingerprint density at radius 2 is 1.82 bits per heavy atom. The average molecular weight is 551 g/mol. The quantitative estimate of drug-likeness (QED) is 0.374. The van der Waals surface area contributed by atoms with Crippen molar-refractivity contribution in [2.75, 3.05) is 24.9 Å². The van der Waals surface area contributed by atoms with Crippen molar-refractivity contribution >= 4 is 50.2 Å². The molecule has 0 radical (unpaired) electrons. The van der Waals surface area contributed by atoms with Gasteiger partial charge in [0.2, 0.25) is 0 Å². The minimum absolute atomic E-state index is 0.0492. The highest BCUT2D eigenvalue weighted by atomic mass is 35.5. The van der Waals surface area contributed by atoms with Crippen molar-refractivity contribution < 1.29 is 26.3 Å². The third kappa shape index (κ3) is 5.63. The second-order valence-electron chi connectivity index (χ2n) is 7.86. The minimum atomic E-state index is -4.65. The average Bonchev–Trinajstić information content (AvgIpc) is 3.33. The maximum Gasteiger partial charge on any atom is 0.419 e. The van der Waals surface area contributed by atoms with Crippen molar-refractivity contribution in [1.82, 2.24) is 4.90 Å². The van der Waals surface area contributed by atoms with E-state index in [0.717, 1.165) is 29.5 Å². The number of likely N-dealkylation sites (N-methyl/N-ethyl adjacent to an activating group) is 1. The van der Waals surface area contributed by atoms with E-state index in [9.17, 15) is 21.6 Å². The lowest BCUT2D eigenvalue weighted by atomic mass is 10.1. The van der Waals surface area contributed by atoms with E-state index in [2.05, 4.69) is 4.72 Å². The van der Waals surface area contributed by atoms with E-state index in [0.29, 0.717) is 35.7 Å². The number of likely N-dealkylation sites (tertiary alicyclic amines) is 1. The van der Waals surface area contributed by atoms with E-state index in [-0.39, 0.29) is 14.2 Å². The third-order valence-electron chi connectivity index (χ3n) is 5.27. The fraction of sp³-hybridized carbons (Fsp3) is 0.273. The Labute approximate surface area is 209 Å². The van der Waals surface area contributed by atoms with Crippen LogP contribution in [0.15, 0.2) is 52.7 Å². The molecule has 0 saturated carbocycles. The predicted octanol–water partition coefficient (Wildman–Crippen LogP) is 6.62. The van der Waals surface area contributed by atoms with Crippen molar-refractivity contribution in [3.05, 3.63) is 63.5 Å². The second kappa shape index (κ2) is 9.58. The van der Waals surface area contributed by atoms with Crippen LogP contribution >= 0.6 is 34.5 Å². The normalized spacial score (nSPS) is 17.2. The number of nitrogens with one attached hydrogen (secondary N) is 1. The fourth-order valence-corrected chi connectivity index (χ4v) is 6.54. The zero-order valence-electron chi connectivity index (χ0n) is 17.7. The number of sulfonamides is 1. The predicted molar refractivity (Wildman–Crippen MR) is 129 cm³/mol. The molecule has 182 valence electrons. The van der Waals surface area contributed by atoms with E-state index < -0.39 is 33.6 Å². The summed E-state index contributed by atoms with van der Waals surface area (Å²) in [4.78, 5) is 1.95. The highest BCUT2D eigenvalue weighted by Gasteiger charge is 2.36. The highest BCUT2D eigenvalue weighted by Crippen LogP contribution is 2.41. The van der Waals surface area contributed by atoms with Gasteiger partial charge in [-0.2, -0.15) is 13.2 Å². The van der Waals surface area contributed by atoms with Crippen molar-refractivity contribution in [3.8, 4) is 16.9 Å². The Balaban J connectivity index is 1.62. The van der Waals surface area contributed by atoms with Crippen LogP contribution in [0.4, 0.5) is 18.9 Å². The molecule has 34 heavy (non-hydrogen) atoms. The van der Waals surface area contributed by atoms with E-state index in [1.54, 1.807) is 24.3 Å². The van der Waals surface area contributed by atoms with Crippen molar-refractivity contribution in [1.29, 1.82) is 0 Å². The number of halogens is 5. The molecule has 0 aliphatic carbocycles. The van der Waals surface area contributed by atoms with Crippen LogP contribution in [0.1, 0.15) is 12.0 Å². The van der Waals surface area contributed by atoms with Crippen LogP contribution in [0.3, 0.4) is 0 Å². The van der Waals surface area contributed by atoms with Gasteiger partial charge in [-0.05, 0) is 49.4 Å². The summed E-state index contributed by atoms with van der Waals surface area (Å²) in [6.45, 7) is 1.18. The molecule has 4 rings (SSSR count). The van der Waals surface area contributed by atoms with Gasteiger partial charge in [0.05, 0.1) is 11.3 Å². The van der Waals surface area contributed by atoms with Gasteiger partial charge in [-0.15, -0.1) is 11.3 Å². The van der Waals surface area contributed by atoms with E-state index in [1.165, 1.54) is 6.07 Å². The molecule has 1 aromatic heterocycles. The van der Waals surface area contributed by atoms with E-state index >= 15 is 0 Å². The van der Waals surface area contributed by atoms with Gasteiger partial charge in [0, 0.05) is 29.7 Å². The Morgan fingerprint density at radius 1 is 1.12 bits per heavy atom. The Kier molecular flexibility index (Phi) is 7.08. The van der Waals surface area contributed by atoms with Gasteiger partial charge in [-0.1, -0.05) is 35.3 Å². The summed E-state index contributed by atoms with van der Waals surface area (Å²) in [5.41, 5.74) is 0.172. The summed E-state index contributed by atoms with van der Waals surface area (Å²) in [7, 11) is -2.27.